The molecule has 0 amide bonds. The van der Waals surface area contributed by atoms with Crippen molar-refractivity contribution in [2.75, 3.05) is 13.1 Å². The first kappa shape index (κ1) is 24.4. The van der Waals surface area contributed by atoms with Crippen molar-refractivity contribution >= 4 is 79.6 Å². The van der Waals surface area contributed by atoms with E-state index in [0.717, 1.165) is 0 Å². The zero-order chi connectivity index (χ0) is 22.3. The first-order valence-corrected chi connectivity index (χ1v) is 19.8. The van der Waals surface area contributed by atoms with E-state index >= 15 is 0 Å². The molecule has 0 saturated heterocycles. The van der Waals surface area contributed by atoms with Gasteiger partial charge in [0.05, 0.1) is 0 Å². The van der Waals surface area contributed by atoms with Gasteiger partial charge in [0, 0.05) is 0 Å². The molecule has 1 aliphatic rings. The van der Waals surface area contributed by atoms with Gasteiger partial charge < -0.3 is 0 Å². The Labute approximate surface area is 210 Å². The van der Waals surface area contributed by atoms with Crippen LogP contribution in [0.3, 0.4) is 0 Å². The van der Waals surface area contributed by atoms with Gasteiger partial charge in [0.25, 0.3) is 0 Å². The largest absolute Gasteiger partial charge is 2.00 e. The molecule has 3 heterocycles. The van der Waals surface area contributed by atoms with Gasteiger partial charge in [0.15, 0.2) is 0 Å². The van der Waals surface area contributed by atoms with Crippen LogP contribution >= 0.6 is 17.8 Å². The van der Waals surface area contributed by atoms with Gasteiger partial charge in [-0.05, 0) is 0 Å². The molecule has 12 heteroatoms. The molecule has 2 aromatic carbocycles. The van der Waals surface area contributed by atoms with E-state index in [1.54, 1.807) is 59.2 Å². The fourth-order valence-electron chi connectivity index (χ4n) is 3.70. The third kappa shape index (κ3) is 4.90. The van der Waals surface area contributed by atoms with E-state index in [0.29, 0.717) is 52.8 Å². The molecule has 0 atom stereocenters. The molecule has 2 aromatic heterocycles. The Morgan fingerprint density at radius 3 is 1.64 bits per heavy atom. The average molecular weight is 644 g/mol. The predicted octanol–water partition coefficient (Wildman–Crippen LogP) is 3.31. The second kappa shape index (κ2) is 9.87. The summed E-state index contributed by atoms with van der Waals surface area (Å²) in [6, 6.07) is 13.9. The first-order valence-electron chi connectivity index (χ1n) is 10.0. The van der Waals surface area contributed by atoms with E-state index in [1.807, 2.05) is 0 Å². The maximum atomic E-state index is 13.1. The van der Waals surface area contributed by atoms with E-state index in [1.165, 1.54) is 0 Å². The topological polar surface area (TPSA) is 122 Å². The van der Waals surface area contributed by atoms with E-state index in [9.17, 15) is 9.59 Å². The quantitative estimate of drug-likeness (QED) is 0.286. The van der Waals surface area contributed by atoms with Crippen LogP contribution in [-0.4, -0.2) is 29.8 Å². The van der Waals surface area contributed by atoms with Crippen LogP contribution in [0.1, 0.15) is 6.42 Å². The Bertz CT molecular complexity index is 1350. The molecule has 1 radical (unpaired) electrons. The van der Waals surface area contributed by atoms with Crippen molar-refractivity contribution in [3.8, 4) is 0 Å². The second-order valence-electron chi connectivity index (χ2n) is 7.36. The van der Waals surface area contributed by atoms with Crippen molar-refractivity contribution in [1.29, 1.82) is 0 Å². The van der Waals surface area contributed by atoms with Crippen molar-refractivity contribution in [3.63, 3.8) is 0 Å². The zero-order valence-corrected chi connectivity index (χ0v) is 22.3. The summed E-state index contributed by atoms with van der Waals surface area (Å²) in [5, 5.41) is 4.49. The van der Waals surface area contributed by atoms with Gasteiger partial charge in [-0.25, -0.2) is 0 Å². The number of halogens is 2. The molecule has 0 bridgehead atoms. The summed E-state index contributed by atoms with van der Waals surface area (Å²) in [7, 11) is 13.2. The number of hydrogen-bond donors (Lipinski definition) is 2. The number of hydrogen-bond acceptors (Lipinski definition) is 4. The van der Waals surface area contributed by atoms with E-state index in [-0.39, 0.29) is 39.7 Å². The van der Waals surface area contributed by atoms with Crippen molar-refractivity contribution in [2.45, 2.75) is 6.42 Å². The van der Waals surface area contributed by atoms with Gasteiger partial charge >= 0.3 is 212 Å². The summed E-state index contributed by atoms with van der Waals surface area (Å²) in [5.74, 6) is 0.125. The second-order valence-corrected chi connectivity index (χ2v) is 19.9. The Morgan fingerprint density at radius 2 is 1.18 bits per heavy atom. The minimum atomic E-state index is -4.67. The smallest absolute Gasteiger partial charge is 2.00 e. The standard InChI is InChI=1S/C21H16N4O4.2ClH.Cu.Sn/c22-20-16(18(26)12-6-1-3-8-14(12)28-20)24-10-5-11-25-17-19(27)13-7-2-4-9-15(13)29-21(17)23;;;;/h1-4,6-9,24-25H,5,10-11H2;2*1H;;/q-2;;;2*+2. The van der Waals surface area contributed by atoms with Crippen LogP contribution in [0.4, 0.5) is 23.1 Å². The van der Waals surface area contributed by atoms with Gasteiger partial charge in [-0.3, -0.25) is 0 Å². The first-order chi connectivity index (χ1) is 15.4. The van der Waals surface area contributed by atoms with Crippen molar-refractivity contribution in [3.05, 3.63) is 76.1 Å². The number of para-hydroxylation sites is 2. The predicted molar refractivity (Wildman–Crippen MR) is 126 cm³/mol. The molecule has 0 aliphatic carbocycles. The summed E-state index contributed by atoms with van der Waals surface area (Å²) in [6.07, 6.45) is 0.702. The van der Waals surface area contributed by atoms with Crippen LogP contribution in [0, 0.1) is 0 Å². The van der Waals surface area contributed by atoms with Crippen molar-refractivity contribution < 1.29 is 36.5 Å². The maximum Gasteiger partial charge on any atom is 2.00 e. The SMILES string of the molecule is O=c1c2c(oc3ccccc13)[N-][Sn]([Cl])([Cl])[N-]c1oc3ccccc3c(=O)c1[NH2+]CCC[NH2+]2.[Cu+2]. The van der Waals surface area contributed by atoms with Crippen LogP contribution in [0.25, 0.3) is 29.0 Å². The van der Waals surface area contributed by atoms with Crippen LogP contribution < -0.4 is 21.5 Å². The van der Waals surface area contributed by atoms with Gasteiger partial charge in [-0.15, -0.1) is 0 Å². The van der Waals surface area contributed by atoms with Crippen molar-refractivity contribution in [1.82, 2.24) is 0 Å². The third-order valence-corrected chi connectivity index (χ3v) is 10.2. The minimum absolute atomic E-state index is 0. The molecule has 33 heavy (non-hydrogen) atoms. The molecule has 0 saturated carbocycles. The Kier molecular flexibility index (Phi) is 7.30. The molecule has 0 unspecified atom stereocenters. The normalized spacial score (nSPS) is 15.7. The summed E-state index contributed by atoms with van der Waals surface area (Å²) in [5.41, 5.74) is 1.04. The molecule has 5 rings (SSSR count). The fraction of sp³-hybridized carbons (Fsp3) is 0.143. The number of nitrogens with zero attached hydrogens (tertiary/aromatic N) is 2. The number of quaternary nitrogens is 2. The summed E-state index contributed by atoms with van der Waals surface area (Å²) in [6.45, 7) is 1.17. The summed E-state index contributed by atoms with van der Waals surface area (Å²) >= 11 is -4.67. The van der Waals surface area contributed by atoms with E-state index < -0.39 is 16.7 Å². The zero-order valence-electron chi connectivity index (χ0n) is 17.0. The molecular weight excluding hydrogens is 625 g/mol. The molecule has 4 N–H and O–H groups in total. The molecule has 1 aliphatic heterocycles. The summed E-state index contributed by atoms with van der Waals surface area (Å²) in [4.78, 5) is 26.2. The minimum Gasteiger partial charge on any atom is 2.00 e. The van der Waals surface area contributed by atoms with Gasteiger partial charge in [0.1, 0.15) is 0 Å². The van der Waals surface area contributed by atoms with Crippen LogP contribution in [-0.2, 0) is 17.1 Å². The van der Waals surface area contributed by atoms with Crippen LogP contribution in [0.5, 0.6) is 0 Å². The maximum absolute atomic E-state index is 13.1. The van der Waals surface area contributed by atoms with Crippen molar-refractivity contribution in [2.24, 2.45) is 0 Å². The third-order valence-electron chi connectivity index (χ3n) is 5.20. The number of rotatable bonds is 0. The summed E-state index contributed by atoms with van der Waals surface area (Å²) < 4.78 is 20.7. The van der Waals surface area contributed by atoms with Gasteiger partial charge in [0.2, 0.25) is 0 Å². The molecule has 4 aromatic rings. The van der Waals surface area contributed by atoms with Crippen LogP contribution in [0.15, 0.2) is 67.0 Å². The molecule has 173 valence electrons. The van der Waals surface area contributed by atoms with Crippen LogP contribution in [0.2, 0.25) is 0 Å². The Hall–Kier alpha value is -1.72. The van der Waals surface area contributed by atoms with Gasteiger partial charge in [-0.2, -0.15) is 0 Å². The number of benzene rings is 2. The molecule has 8 nitrogen and oxygen atoms in total. The fourth-order valence-corrected chi connectivity index (χ4v) is 8.24. The van der Waals surface area contributed by atoms with E-state index in [4.69, 9.17) is 26.7 Å². The average Bonchev–Trinajstić information content (AvgIpc) is 2.76. The number of fused-ring (bicyclic) bond motifs is 4. The molecule has 0 spiro atoms. The Balaban J connectivity index is 0.00000259. The Morgan fingerprint density at radius 1 is 0.758 bits per heavy atom. The molecule has 0 fully saturated rings. The molecular formula is C21H18Cl2CuN4O4Sn+2. The monoisotopic (exact) mass is 643 g/mol. The van der Waals surface area contributed by atoms with E-state index in [2.05, 4.69) is 7.08 Å². The number of nitrogens with two attached hydrogens (primary N) is 2. The van der Waals surface area contributed by atoms with Gasteiger partial charge in [-0.1, -0.05) is 0 Å².